The zero-order valence-corrected chi connectivity index (χ0v) is 13.4. The third-order valence-electron chi connectivity index (χ3n) is 3.49. The summed E-state index contributed by atoms with van der Waals surface area (Å²) in [6.07, 6.45) is 1.57. The van der Waals surface area contributed by atoms with Crippen LogP contribution in [-0.4, -0.2) is 15.9 Å². The second kappa shape index (κ2) is 6.22. The molecule has 0 aliphatic carbocycles. The molecule has 0 radical (unpaired) electrons. The molecule has 0 aliphatic rings. The van der Waals surface area contributed by atoms with E-state index >= 15 is 0 Å². The highest BCUT2D eigenvalue weighted by atomic mass is 32.1. The average Bonchev–Trinajstić information content (AvgIpc) is 3.07. The van der Waals surface area contributed by atoms with E-state index in [9.17, 15) is 4.79 Å². The van der Waals surface area contributed by atoms with E-state index in [1.54, 1.807) is 41.8 Å². The predicted octanol–water partition coefficient (Wildman–Crippen LogP) is 4.58. The maximum Gasteiger partial charge on any atom is 0.362 e. The minimum atomic E-state index is -0.482. The fourth-order valence-corrected chi connectivity index (χ4v) is 3.35. The van der Waals surface area contributed by atoms with E-state index < -0.39 is 5.97 Å². The Balaban J connectivity index is 1.71. The zero-order valence-electron chi connectivity index (χ0n) is 12.5. The predicted molar refractivity (Wildman–Crippen MR) is 94.3 cm³/mol. The van der Waals surface area contributed by atoms with Crippen LogP contribution in [0.1, 0.15) is 10.5 Å². The summed E-state index contributed by atoms with van der Waals surface area (Å²) in [5.74, 6) is -0.00336. The molecule has 0 unspecified atom stereocenters. The molecule has 0 amide bonds. The van der Waals surface area contributed by atoms with Gasteiger partial charge in [-0.3, -0.25) is 0 Å². The Morgan fingerprint density at radius 3 is 2.54 bits per heavy atom. The highest BCUT2D eigenvalue weighted by Crippen LogP contribution is 2.35. The van der Waals surface area contributed by atoms with Crippen molar-refractivity contribution in [2.75, 3.05) is 0 Å². The summed E-state index contributed by atoms with van der Waals surface area (Å²) in [4.78, 5) is 20.9. The number of ether oxygens (including phenoxy) is 1. The van der Waals surface area contributed by atoms with Crippen LogP contribution in [0.15, 0.2) is 72.9 Å². The van der Waals surface area contributed by atoms with Crippen molar-refractivity contribution in [1.29, 1.82) is 0 Å². The van der Waals surface area contributed by atoms with E-state index in [2.05, 4.69) is 9.97 Å². The highest BCUT2D eigenvalue weighted by molar-refractivity contribution is 7.21. The summed E-state index contributed by atoms with van der Waals surface area (Å²) in [6, 6.07) is 20.5. The van der Waals surface area contributed by atoms with Gasteiger partial charge in [-0.05, 0) is 36.4 Å². The Kier molecular flexibility index (Phi) is 3.76. The first-order valence-electron chi connectivity index (χ1n) is 7.39. The number of nitrogens with zero attached hydrogens (tertiary/aromatic N) is 2. The van der Waals surface area contributed by atoms with Crippen molar-refractivity contribution in [1.82, 2.24) is 9.97 Å². The first-order valence-corrected chi connectivity index (χ1v) is 8.21. The second-order valence-corrected chi connectivity index (χ2v) is 6.12. The Labute approximate surface area is 142 Å². The van der Waals surface area contributed by atoms with E-state index in [1.165, 1.54) is 0 Å². The van der Waals surface area contributed by atoms with Gasteiger partial charge in [-0.15, -0.1) is 11.3 Å². The standard InChI is InChI=1S/C19H12N2O2S/c22-19(15-9-5-6-12-20-15)23-16-10-3-1-7-13(16)18-21-14-8-2-4-11-17(14)24-18/h1-12H. The van der Waals surface area contributed by atoms with Gasteiger partial charge in [0.15, 0.2) is 0 Å². The Morgan fingerprint density at radius 1 is 0.917 bits per heavy atom. The molecule has 24 heavy (non-hydrogen) atoms. The zero-order chi connectivity index (χ0) is 16.4. The minimum absolute atomic E-state index is 0.275. The van der Waals surface area contributed by atoms with Gasteiger partial charge in [0.1, 0.15) is 16.5 Å². The Morgan fingerprint density at radius 2 is 1.71 bits per heavy atom. The van der Waals surface area contributed by atoms with E-state index in [0.29, 0.717) is 5.75 Å². The summed E-state index contributed by atoms with van der Waals surface area (Å²) in [5, 5.41) is 0.820. The number of hydrogen-bond acceptors (Lipinski definition) is 5. The van der Waals surface area contributed by atoms with Gasteiger partial charge in [-0.1, -0.05) is 30.3 Å². The van der Waals surface area contributed by atoms with Crippen molar-refractivity contribution in [3.63, 3.8) is 0 Å². The Bertz CT molecular complexity index is 979. The smallest absolute Gasteiger partial charge is 0.362 e. The van der Waals surface area contributed by atoms with Crippen LogP contribution >= 0.6 is 11.3 Å². The van der Waals surface area contributed by atoms with Crippen molar-refractivity contribution in [2.24, 2.45) is 0 Å². The summed E-state index contributed by atoms with van der Waals surface area (Å²) in [7, 11) is 0. The van der Waals surface area contributed by atoms with Crippen LogP contribution in [0, 0.1) is 0 Å². The molecule has 0 saturated heterocycles. The lowest BCUT2D eigenvalue weighted by Gasteiger charge is -2.07. The lowest BCUT2D eigenvalue weighted by molar-refractivity contribution is 0.0729. The maximum atomic E-state index is 12.3. The lowest BCUT2D eigenvalue weighted by Crippen LogP contribution is -2.10. The molecule has 4 nitrogen and oxygen atoms in total. The normalized spacial score (nSPS) is 10.7. The quantitative estimate of drug-likeness (QED) is 0.407. The van der Waals surface area contributed by atoms with E-state index in [-0.39, 0.29) is 5.69 Å². The Hall–Kier alpha value is -3.05. The molecule has 0 atom stereocenters. The number of carbonyl (C=O) groups is 1. The monoisotopic (exact) mass is 332 g/mol. The first-order chi connectivity index (χ1) is 11.8. The third kappa shape index (κ3) is 2.77. The van der Waals surface area contributed by atoms with Gasteiger partial charge in [-0.2, -0.15) is 0 Å². The van der Waals surface area contributed by atoms with Gasteiger partial charge < -0.3 is 4.74 Å². The van der Waals surface area contributed by atoms with Crippen LogP contribution in [0.2, 0.25) is 0 Å². The first kappa shape index (κ1) is 14.5. The molecule has 2 heterocycles. The number of esters is 1. The van der Waals surface area contributed by atoms with Crippen molar-refractivity contribution in [3.8, 4) is 16.3 Å². The molecule has 0 spiro atoms. The van der Waals surface area contributed by atoms with Crippen molar-refractivity contribution >= 4 is 27.5 Å². The molecular weight excluding hydrogens is 320 g/mol. The van der Waals surface area contributed by atoms with Crippen molar-refractivity contribution < 1.29 is 9.53 Å². The minimum Gasteiger partial charge on any atom is -0.421 e. The molecular formula is C19H12N2O2S. The number of aromatic nitrogens is 2. The molecule has 2 aromatic heterocycles. The summed E-state index contributed by atoms with van der Waals surface area (Å²) >= 11 is 1.57. The van der Waals surface area contributed by atoms with Crippen molar-refractivity contribution in [3.05, 3.63) is 78.6 Å². The van der Waals surface area contributed by atoms with Gasteiger partial charge in [0, 0.05) is 6.20 Å². The van der Waals surface area contributed by atoms with Gasteiger partial charge >= 0.3 is 5.97 Å². The fourth-order valence-electron chi connectivity index (χ4n) is 2.36. The van der Waals surface area contributed by atoms with E-state index in [1.807, 2.05) is 42.5 Å². The number of benzene rings is 2. The number of thiazole rings is 1. The molecule has 4 rings (SSSR count). The number of hydrogen-bond donors (Lipinski definition) is 0. The number of carbonyl (C=O) groups excluding carboxylic acids is 1. The molecule has 0 aliphatic heterocycles. The SMILES string of the molecule is O=C(Oc1ccccc1-c1nc2ccccc2s1)c1ccccn1. The average molecular weight is 332 g/mol. The summed E-state index contributed by atoms with van der Waals surface area (Å²) in [6.45, 7) is 0. The van der Waals surface area contributed by atoms with Crippen LogP contribution in [0.5, 0.6) is 5.75 Å². The number of fused-ring (bicyclic) bond motifs is 1. The number of para-hydroxylation sites is 2. The topological polar surface area (TPSA) is 52.1 Å². The third-order valence-corrected chi connectivity index (χ3v) is 4.56. The largest absolute Gasteiger partial charge is 0.421 e. The lowest BCUT2D eigenvalue weighted by atomic mass is 10.2. The highest BCUT2D eigenvalue weighted by Gasteiger charge is 2.15. The van der Waals surface area contributed by atoms with Crippen LogP contribution in [-0.2, 0) is 0 Å². The molecule has 0 saturated carbocycles. The van der Waals surface area contributed by atoms with Gasteiger partial charge in [0.05, 0.1) is 15.8 Å². The van der Waals surface area contributed by atoms with E-state index in [0.717, 1.165) is 20.8 Å². The van der Waals surface area contributed by atoms with Crippen LogP contribution in [0.25, 0.3) is 20.8 Å². The molecule has 0 fully saturated rings. The van der Waals surface area contributed by atoms with Gasteiger partial charge in [-0.25, -0.2) is 14.8 Å². The maximum absolute atomic E-state index is 12.3. The summed E-state index contributed by atoms with van der Waals surface area (Å²) < 4.78 is 6.64. The van der Waals surface area contributed by atoms with E-state index in [4.69, 9.17) is 4.74 Å². The summed E-state index contributed by atoms with van der Waals surface area (Å²) in [5.41, 5.74) is 2.00. The van der Waals surface area contributed by atoms with Crippen LogP contribution in [0.3, 0.4) is 0 Å². The molecule has 2 aromatic carbocycles. The number of rotatable bonds is 3. The van der Waals surface area contributed by atoms with Crippen LogP contribution in [0.4, 0.5) is 0 Å². The van der Waals surface area contributed by atoms with Gasteiger partial charge in [0.25, 0.3) is 0 Å². The van der Waals surface area contributed by atoms with Crippen LogP contribution < -0.4 is 4.74 Å². The molecule has 0 N–H and O–H groups in total. The number of pyridine rings is 1. The fraction of sp³-hybridized carbons (Fsp3) is 0. The molecule has 4 aromatic rings. The second-order valence-electron chi connectivity index (χ2n) is 5.09. The van der Waals surface area contributed by atoms with Crippen molar-refractivity contribution in [2.45, 2.75) is 0 Å². The molecule has 116 valence electrons. The molecule has 0 bridgehead atoms. The molecule has 5 heteroatoms. The van der Waals surface area contributed by atoms with Gasteiger partial charge in [0.2, 0.25) is 0 Å².